The second kappa shape index (κ2) is 10.6. The maximum atomic E-state index is 11.5. The molecule has 2 unspecified atom stereocenters. The summed E-state index contributed by atoms with van der Waals surface area (Å²) in [7, 11) is 0. The Labute approximate surface area is 107 Å². The fourth-order valence-corrected chi connectivity index (χ4v) is 2.19. The first kappa shape index (κ1) is 16.5. The van der Waals surface area contributed by atoms with Crippen LogP contribution >= 0.6 is 0 Å². The molecule has 0 fully saturated rings. The highest BCUT2D eigenvalue weighted by Gasteiger charge is 2.17. The van der Waals surface area contributed by atoms with E-state index in [2.05, 4.69) is 27.7 Å². The Morgan fingerprint density at radius 2 is 1.71 bits per heavy atom. The number of carbonyl (C=O) groups excluding carboxylic acids is 1. The lowest BCUT2D eigenvalue weighted by molar-refractivity contribution is -0.145. The smallest absolute Gasteiger partial charge is 0.305 e. The number of rotatable bonds is 10. The molecule has 0 saturated carbocycles. The predicted molar refractivity (Wildman–Crippen MR) is 73.0 cm³/mol. The summed E-state index contributed by atoms with van der Waals surface area (Å²) in [5.41, 5.74) is 0. The van der Waals surface area contributed by atoms with Gasteiger partial charge in [-0.15, -0.1) is 0 Å². The Morgan fingerprint density at radius 3 is 2.24 bits per heavy atom. The number of carbonyl (C=O) groups is 1. The first-order chi connectivity index (χ1) is 8.15. The van der Waals surface area contributed by atoms with E-state index in [1.54, 1.807) is 0 Å². The van der Waals surface area contributed by atoms with E-state index in [0.717, 1.165) is 12.8 Å². The van der Waals surface area contributed by atoms with Gasteiger partial charge in [-0.3, -0.25) is 4.79 Å². The van der Waals surface area contributed by atoms with Gasteiger partial charge in [0, 0.05) is 6.42 Å². The third-order valence-electron chi connectivity index (χ3n) is 3.40. The maximum absolute atomic E-state index is 11.5. The van der Waals surface area contributed by atoms with E-state index in [-0.39, 0.29) is 5.97 Å². The van der Waals surface area contributed by atoms with Crippen LogP contribution < -0.4 is 0 Å². The minimum Gasteiger partial charge on any atom is -0.465 e. The monoisotopic (exact) mass is 242 g/mol. The average Bonchev–Trinajstić information content (AvgIpc) is 2.32. The van der Waals surface area contributed by atoms with Gasteiger partial charge in [0.1, 0.15) is 0 Å². The van der Waals surface area contributed by atoms with Crippen molar-refractivity contribution in [1.82, 2.24) is 0 Å². The molecule has 0 N–H and O–H groups in total. The molecule has 0 aromatic rings. The molecule has 0 bridgehead atoms. The Morgan fingerprint density at radius 1 is 1.06 bits per heavy atom. The lowest BCUT2D eigenvalue weighted by Crippen LogP contribution is -2.20. The zero-order valence-electron chi connectivity index (χ0n) is 12.1. The lowest BCUT2D eigenvalue weighted by Gasteiger charge is -2.23. The van der Waals surface area contributed by atoms with E-state index in [1.165, 1.54) is 25.7 Å². The van der Waals surface area contributed by atoms with Gasteiger partial charge >= 0.3 is 5.97 Å². The molecular weight excluding hydrogens is 212 g/mol. The van der Waals surface area contributed by atoms with Crippen molar-refractivity contribution in [3.05, 3.63) is 0 Å². The summed E-state index contributed by atoms with van der Waals surface area (Å²) < 4.78 is 5.39. The Kier molecular flexibility index (Phi) is 10.3. The molecule has 2 heteroatoms. The van der Waals surface area contributed by atoms with Gasteiger partial charge in [-0.05, 0) is 24.7 Å². The third kappa shape index (κ3) is 8.23. The van der Waals surface area contributed by atoms with Crippen LogP contribution in [0.25, 0.3) is 0 Å². The van der Waals surface area contributed by atoms with Gasteiger partial charge < -0.3 is 4.74 Å². The molecule has 0 spiro atoms. The molecule has 0 amide bonds. The molecule has 0 aromatic carbocycles. The van der Waals surface area contributed by atoms with Crippen molar-refractivity contribution in [2.24, 2.45) is 11.8 Å². The van der Waals surface area contributed by atoms with E-state index in [9.17, 15) is 4.79 Å². The first-order valence-electron chi connectivity index (χ1n) is 7.31. The highest BCUT2D eigenvalue weighted by molar-refractivity contribution is 5.69. The predicted octanol–water partition coefficient (Wildman–Crippen LogP) is 4.57. The molecule has 0 radical (unpaired) electrons. The van der Waals surface area contributed by atoms with Gasteiger partial charge in [0.25, 0.3) is 0 Å². The summed E-state index contributed by atoms with van der Waals surface area (Å²) in [4.78, 5) is 11.5. The van der Waals surface area contributed by atoms with Gasteiger partial charge in [0.05, 0.1) is 6.61 Å². The lowest BCUT2D eigenvalue weighted by atomic mass is 9.87. The quantitative estimate of drug-likeness (QED) is 0.524. The van der Waals surface area contributed by atoms with Crippen LogP contribution in [-0.4, -0.2) is 12.6 Å². The summed E-state index contributed by atoms with van der Waals surface area (Å²) in [6, 6.07) is 0. The molecule has 2 atom stereocenters. The molecular formula is C15H30O2. The SMILES string of the molecule is CCCCC(=O)OCC(CCC)C(C)CCC. The van der Waals surface area contributed by atoms with Crippen molar-refractivity contribution < 1.29 is 9.53 Å². The van der Waals surface area contributed by atoms with Crippen molar-refractivity contribution in [1.29, 1.82) is 0 Å². The number of ether oxygens (including phenoxy) is 1. The molecule has 0 aliphatic carbocycles. The van der Waals surface area contributed by atoms with E-state index < -0.39 is 0 Å². The number of unbranched alkanes of at least 4 members (excludes halogenated alkanes) is 1. The Hall–Kier alpha value is -0.530. The second-order valence-electron chi connectivity index (χ2n) is 5.10. The van der Waals surface area contributed by atoms with E-state index >= 15 is 0 Å². The molecule has 0 aromatic heterocycles. The summed E-state index contributed by atoms with van der Waals surface area (Å²) >= 11 is 0. The van der Waals surface area contributed by atoms with Crippen LogP contribution in [0.4, 0.5) is 0 Å². The van der Waals surface area contributed by atoms with Crippen molar-refractivity contribution in [2.45, 2.75) is 72.6 Å². The van der Waals surface area contributed by atoms with Gasteiger partial charge in [0.2, 0.25) is 0 Å². The zero-order valence-corrected chi connectivity index (χ0v) is 12.1. The van der Waals surface area contributed by atoms with E-state index in [4.69, 9.17) is 4.74 Å². The highest BCUT2D eigenvalue weighted by Crippen LogP contribution is 2.22. The van der Waals surface area contributed by atoms with Crippen LogP contribution in [-0.2, 0) is 9.53 Å². The normalized spacial score (nSPS) is 14.4. The van der Waals surface area contributed by atoms with Gasteiger partial charge in [-0.2, -0.15) is 0 Å². The van der Waals surface area contributed by atoms with Crippen molar-refractivity contribution in [2.75, 3.05) is 6.61 Å². The van der Waals surface area contributed by atoms with Crippen molar-refractivity contribution in [3.8, 4) is 0 Å². The molecule has 0 aliphatic heterocycles. The fourth-order valence-electron chi connectivity index (χ4n) is 2.19. The summed E-state index contributed by atoms with van der Waals surface area (Å²) in [6.45, 7) is 9.41. The molecule has 17 heavy (non-hydrogen) atoms. The van der Waals surface area contributed by atoms with E-state index in [1.807, 2.05) is 0 Å². The van der Waals surface area contributed by atoms with Crippen LogP contribution in [0.15, 0.2) is 0 Å². The Balaban J connectivity index is 3.94. The molecule has 0 saturated heterocycles. The largest absolute Gasteiger partial charge is 0.465 e. The summed E-state index contributed by atoms with van der Waals surface area (Å²) in [6.07, 6.45) is 7.37. The zero-order chi connectivity index (χ0) is 13.1. The summed E-state index contributed by atoms with van der Waals surface area (Å²) in [5, 5.41) is 0. The number of esters is 1. The number of hydrogen-bond donors (Lipinski definition) is 0. The average molecular weight is 242 g/mol. The first-order valence-corrected chi connectivity index (χ1v) is 7.31. The van der Waals surface area contributed by atoms with Crippen molar-refractivity contribution >= 4 is 5.97 Å². The number of hydrogen-bond acceptors (Lipinski definition) is 2. The van der Waals surface area contributed by atoms with Crippen molar-refractivity contribution in [3.63, 3.8) is 0 Å². The van der Waals surface area contributed by atoms with Crippen LogP contribution in [0, 0.1) is 11.8 Å². The summed E-state index contributed by atoms with van der Waals surface area (Å²) in [5.74, 6) is 1.20. The van der Waals surface area contributed by atoms with Gasteiger partial charge in [-0.1, -0.05) is 53.4 Å². The molecule has 0 heterocycles. The Bertz CT molecular complexity index is 189. The second-order valence-corrected chi connectivity index (χ2v) is 5.10. The van der Waals surface area contributed by atoms with Gasteiger partial charge in [-0.25, -0.2) is 0 Å². The van der Waals surface area contributed by atoms with Crippen LogP contribution in [0.1, 0.15) is 72.6 Å². The third-order valence-corrected chi connectivity index (χ3v) is 3.40. The van der Waals surface area contributed by atoms with Gasteiger partial charge in [0.15, 0.2) is 0 Å². The standard InChI is InChI=1S/C15H30O2/c1-5-8-11-15(16)17-12-14(10-7-3)13(4)9-6-2/h13-14H,5-12H2,1-4H3. The molecule has 0 rings (SSSR count). The highest BCUT2D eigenvalue weighted by atomic mass is 16.5. The molecule has 102 valence electrons. The minimum absolute atomic E-state index is 0.0170. The van der Waals surface area contributed by atoms with Crippen LogP contribution in [0.2, 0.25) is 0 Å². The van der Waals surface area contributed by atoms with Crippen LogP contribution in [0.5, 0.6) is 0 Å². The van der Waals surface area contributed by atoms with E-state index in [0.29, 0.717) is 24.9 Å². The molecule has 2 nitrogen and oxygen atoms in total. The maximum Gasteiger partial charge on any atom is 0.305 e. The van der Waals surface area contributed by atoms with Crippen LogP contribution in [0.3, 0.4) is 0 Å². The topological polar surface area (TPSA) is 26.3 Å². The fraction of sp³-hybridized carbons (Fsp3) is 0.933. The molecule has 0 aliphatic rings. The minimum atomic E-state index is -0.0170.